The zero-order valence-corrected chi connectivity index (χ0v) is 15.6. The summed E-state index contributed by atoms with van der Waals surface area (Å²) < 4.78 is 4.78. The van der Waals surface area contributed by atoms with Gasteiger partial charge in [-0.15, -0.1) is 0 Å². The number of benzene rings is 2. The predicted octanol–water partition coefficient (Wildman–Crippen LogP) is 3.28. The second kappa shape index (κ2) is 8.77. The average molecular weight is 376 g/mol. The average Bonchev–Trinajstić information content (AvgIpc) is 2.74. The van der Waals surface area contributed by atoms with Crippen molar-refractivity contribution in [3.8, 4) is 0 Å². The molecule has 1 heterocycles. The molecule has 0 atom stereocenters. The Balaban J connectivity index is 1.77. The Kier molecular flexibility index (Phi) is 5.96. The van der Waals surface area contributed by atoms with Crippen molar-refractivity contribution >= 4 is 23.5 Å². The van der Waals surface area contributed by atoms with E-state index in [9.17, 15) is 9.59 Å². The maximum Gasteiger partial charge on any atom is 0.339 e. The third kappa shape index (κ3) is 4.50. The standard InChI is InChI=1S/C21H20N4O3/c1-25(14-15-8-4-3-5-9-15)19(26)18-12-13-22-21(24-18)23-17-11-7-6-10-16(17)20(27)28-2/h3-13H,14H2,1-2H3,(H,22,23,24). The summed E-state index contributed by atoms with van der Waals surface area (Å²) in [4.78, 5) is 34.6. The first-order valence-corrected chi connectivity index (χ1v) is 8.65. The number of carbonyl (C=O) groups excluding carboxylic acids is 2. The van der Waals surface area contributed by atoms with E-state index in [-0.39, 0.29) is 17.5 Å². The van der Waals surface area contributed by atoms with Crippen LogP contribution < -0.4 is 5.32 Å². The van der Waals surface area contributed by atoms with Gasteiger partial charge in [-0.25, -0.2) is 14.8 Å². The van der Waals surface area contributed by atoms with Crippen molar-refractivity contribution in [3.05, 3.63) is 83.7 Å². The maximum atomic E-state index is 12.7. The van der Waals surface area contributed by atoms with E-state index in [1.54, 1.807) is 42.3 Å². The molecule has 28 heavy (non-hydrogen) atoms. The number of nitrogens with one attached hydrogen (secondary N) is 1. The molecule has 0 saturated heterocycles. The van der Waals surface area contributed by atoms with Gasteiger partial charge in [-0.3, -0.25) is 4.79 Å². The summed E-state index contributed by atoms with van der Waals surface area (Å²) in [7, 11) is 3.04. The van der Waals surface area contributed by atoms with Crippen molar-refractivity contribution < 1.29 is 14.3 Å². The van der Waals surface area contributed by atoms with Gasteiger partial charge in [-0.05, 0) is 23.8 Å². The molecule has 3 rings (SSSR count). The fourth-order valence-electron chi connectivity index (χ4n) is 2.66. The molecule has 3 aromatic rings. The van der Waals surface area contributed by atoms with E-state index >= 15 is 0 Å². The second-order valence-corrected chi connectivity index (χ2v) is 6.07. The molecule has 0 aliphatic carbocycles. The third-order valence-corrected chi connectivity index (χ3v) is 4.06. The van der Waals surface area contributed by atoms with E-state index < -0.39 is 5.97 Å². The summed E-state index contributed by atoms with van der Waals surface area (Å²) >= 11 is 0. The Bertz CT molecular complexity index is 976. The lowest BCUT2D eigenvalue weighted by molar-refractivity contribution is 0.0601. The van der Waals surface area contributed by atoms with Gasteiger partial charge in [0.05, 0.1) is 18.4 Å². The summed E-state index contributed by atoms with van der Waals surface area (Å²) in [5.74, 6) is -0.483. The highest BCUT2D eigenvalue weighted by atomic mass is 16.5. The van der Waals surface area contributed by atoms with Crippen LogP contribution in [0, 0.1) is 0 Å². The minimum Gasteiger partial charge on any atom is -0.465 e. The quantitative estimate of drug-likeness (QED) is 0.665. The van der Waals surface area contributed by atoms with Crippen LogP contribution in [0.3, 0.4) is 0 Å². The monoisotopic (exact) mass is 376 g/mol. The van der Waals surface area contributed by atoms with Crippen LogP contribution in [0.5, 0.6) is 0 Å². The first-order valence-electron chi connectivity index (χ1n) is 8.65. The molecule has 0 aliphatic heterocycles. The number of carbonyl (C=O) groups is 2. The highest BCUT2D eigenvalue weighted by molar-refractivity contribution is 5.96. The topological polar surface area (TPSA) is 84.4 Å². The molecule has 1 N–H and O–H groups in total. The summed E-state index contributed by atoms with van der Waals surface area (Å²) in [6.07, 6.45) is 1.50. The third-order valence-electron chi connectivity index (χ3n) is 4.06. The van der Waals surface area contributed by atoms with Crippen LogP contribution in [-0.4, -0.2) is 40.9 Å². The van der Waals surface area contributed by atoms with Crippen LogP contribution in [0.25, 0.3) is 0 Å². The van der Waals surface area contributed by atoms with Gasteiger partial charge < -0.3 is 15.0 Å². The van der Waals surface area contributed by atoms with Gasteiger partial charge in [0.1, 0.15) is 5.69 Å². The van der Waals surface area contributed by atoms with E-state index in [1.807, 2.05) is 30.3 Å². The van der Waals surface area contributed by atoms with Crippen LogP contribution in [-0.2, 0) is 11.3 Å². The number of aromatic nitrogens is 2. The minimum absolute atomic E-state index is 0.218. The molecule has 142 valence electrons. The van der Waals surface area contributed by atoms with E-state index in [0.29, 0.717) is 17.8 Å². The van der Waals surface area contributed by atoms with Crippen LogP contribution in [0.1, 0.15) is 26.4 Å². The molecule has 7 heteroatoms. The normalized spacial score (nSPS) is 10.2. The van der Waals surface area contributed by atoms with Crippen LogP contribution in [0.2, 0.25) is 0 Å². The Hall–Kier alpha value is -3.74. The predicted molar refractivity (Wildman–Crippen MR) is 105 cm³/mol. The van der Waals surface area contributed by atoms with Gasteiger partial charge >= 0.3 is 5.97 Å². The van der Waals surface area contributed by atoms with E-state index in [2.05, 4.69) is 15.3 Å². The number of rotatable bonds is 6. The van der Waals surface area contributed by atoms with E-state index in [4.69, 9.17) is 4.74 Å². The van der Waals surface area contributed by atoms with Crippen LogP contribution >= 0.6 is 0 Å². The molecule has 0 radical (unpaired) electrons. The van der Waals surface area contributed by atoms with E-state index in [1.165, 1.54) is 13.3 Å². The number of ether oxygens (including phenoxy) is 1. The summed E-state index contributed by atoms with van der Waals surface area (Å²) in [5, 5.41) is 2.98. The number of hydrogen-bond donors (Lipinski definition) is 1. The van der Waals surface area contributed by atoms with Gasteiger partial charge in [0.2, 0.25) is 5.95 Å². The molecule has 0 aliphatic rings. The number of esters is 1. The molecule has 0 saturated carbocycles. The Morgan fingerprint density at radius 1 is 1.04 bits per heavy atom. The molecule has 2 aromatic carbocycles. The van der Waals surface area contributed by atoms with E-state index in [0.717, 1.165) is 5.56 Å². The molecule has 1 amide bonds. The number of para-hydroxylation sites is 1. The fourth-order valence-corrected chi connectivity index (χ4v) is 2.66. The second-order valence-electron chi connectivity index (χ2n) is 6.07. The van der Waals surface area contributed by atoms with Gasteiger partial charge in [0.15, 0.2) is 0 Å². The Labute approximate surface area is 163 Å². The number of amides is 1. The molecule has 7 nitrogen and oxygen atoms in total. The summed E-state index contributed by atoms with van der Waals surface area (Å²) in [6.45, 7) is 0.470. The number of anilines is 2. The Morgan fingerprint density at radius 2 is 1.75 bits per heavy atom. The molecule has 0 spiro atoms. The molecular weight excluding hydrogens is 356 g/mol. The Morgan fingerprint density at radius 3 is 2.50 bits per heavy atom. The van der Waals surface area contributed by atoms with Crippen molar-refractivity contribution in [2.45, 2.75) is 6.54 Å². The smallest absolute Gasteiger partial charge is 0.339 e. The molecule has 1 aromatic heterocycles. The van der Waals surface area contributed by atoms with Crippen molar-refractivity contribution in [1.82, 2.24) is 14.9 Å². The largest absolute Gasteiger partial charge is 0.465 e. The van der Waals surface area contributed by atoms with Gasteiger partial charge in [0.25, 0.3) is 5.91 Å². The zero-order chi connectivity index (χ0) is 19.9. The highest BCUT2D eigenvalue weighted by Crippen LogP contribution is 2.19. The lowest BCUT2D eigenvalue weighted by Gasteiger charge is -2.17. The molecule has 0 bridgehead atoms. The molecule has 0 unspecified atom stereocenters. The van der Waals surface area contributed by atoms with Crippen molar-refractivity contribution in [3.63, 3.8) is 0 Å². The lowest BCUT2D eigenvalue weighted by Crippen LogP contribution is -2.27. The molecular formula is C21H20N4O3. The summed E-state index contributed by atoms with van der Waals surface area (Å²) in [6, 6.07) is 18.1. The van der Waals surface area contributed by atoms with Crippen molar-refractivity contribution in [1.29, 1.82) is 0 Å². The zero-order valence-electron chi connectivity index (χ0n) is 15.6. The van der Waals surface area contributed by atoms with Crippen LogP contribution in [0.4, 0.5) is 11.6 Å². The fraction of sp³-hybridized carbons (Fsp3) is 0.143. The van der Waals surface area contributed by atoms with Crippen molar-refractivity contribution in [2.75, 3.05) is 19.5 Å². The van der Waals surface area contributed by atoms with Crippen LogP contribution in [0.15, 0.2) is 66.9 Å². The van der Waals surface area contributed by atoms with Gasteiger partial charge in [-0.1, -0.05) is 42.5 Å². The lowest BCUT2D eigenvalue weighted by atomic mass is 10.2. The number of nitrogens with zero attached hydrogens (tertiary/aromatic N) is 3. The minimum atomic E-state index is -0.474. The summed E-state index contributed by atoms with van der Waals surface area (Å²) in [5.41, 5.74) is 2.13. The first kappa shape index (κ1) is 19.0. The maximum absolute atomic E-state index is 12.7. The first-order chi connectivity index (χ1) is 13.6. The SMILES string of the molecule is COC(=O)c1ccccc1Nc1nccc(C(=O)N(C)Cc2ccccc2)n1. The molecule has 0 fully saturated rings. The van der Waals surface area contributed by atoms with Crippen molar-refractivity contribution in [2.24, 2.45) is 0 Å². The van der Waals surface area contributed by atoms with Gasteiger partial charge in [-0.2, -0.15) is 0 Å². The highest BCUT2D eigenvalue weighted by Gasteiger charge is 2.16. The number of methoxy groups -OCH3 is 1. The number of hydrogen-bond acceptors (Lipinski definition) is 6. The van der Waals surface area contributed by atoms with Gasteiger partial charge in [0, 0.05) is 19.8 Å².